The summed E-state index contributed by atoms with van der Waals surface area (Å²) < 4.78 is 13.6. The van der Waals surface area contributed by atoms with Crippen LogP contribution in [0.15, 0.2) is 22.1 Å². The van der Waals surface area contributed by atoms with E-state index in [9.17, 15) is 9.18 Å². The lowest BCUT2D eigenvalue weighted by atomic mass is 10.4. The fourth-order valence-electron chi connectivity index (χ4n) is 0.908. The summed E-state index contributed by atoms with van der Waals surface area (Å²) in [4.78, 5) is 17.5. The van der Waals surface area contributed by atoms with Crippen molar-refractivity contribution in [3.63, 3.8) is 0 Å². The van der Waals surface area contributed by atoms with Gasteiger partial charge in [0.05, 0.1) is 5.69 Å². The van der Waals surface area contributed by atoms with Gasteiger partial charge in [0.1, 0.15) is 0 Å². The van der Waals surface area contributed by atoms with Crippen LogP contribution < -0.4 is 17.0 Å². The molecule has 0 radical (unpaired) electrons. The van der Waals surface area contributed by atoms with Crippen LogP contribution in [0.25, 0.3) is 0 Å². The lowest BCUT2D eigenvalue weighted by molar-refractivity contribution is 0.562. The Bertz CT molecular complexity index is 497. The van der Waals surface area contributed by atoms with Crippen LogP contribution in [0.2, 0.25) is 0 Å². The van der Waals surface area contributed by atoms with Crippen LogP contribution in [-0.2, 0) is 0 Å². The second-order valence-electron chi connectivity index (χ2n) is 2.91. The number of nitrogens with one attached hydrogen (secondary N) is 1. The lowest BCUT2D eigenvalue weighted by Gasteiger charge is -2.01. The summed E-state index contributed by atoms with van der Waals surface area (Å²) in [5.41, 5.74) is -0.287. The van der Waals surface area contributed by atoms with Gasteiger partial charge >= 0.3 is 5.56 Å². The molecule has 6 heteroatoms. The van der Waals surface area contributed by atoms with Gasteiger partial charge in [-0.15, -0.1) is 0 Å². The minimum Gasteiger partial charge on any atom is -0.333 e. The SMILES string of the molecule is C=C(C)/N=c1/[nH]c(C)c(F)c(=O)n1N. The molecule has 0 saturated carbocycles. The molecule has 0 aromatic carbocycles. The van der Waals surface area contributed by atoms with Crippen LogP contribution in [0.3, 0.4) is 0 Å². The molecule has 0 spiro atoms. The molecule has 0 aliphatic carbocycles. The highest BCUT2D eigenvalue weighted by atomic mass is 19.1. The highest BCUT2D eigenvalue weighted by molar-refractivity contribution is 5.01. The van der Waals surface area contributed by atoms with Crippen molar-refractivity contribution in [2.45, 2.75) is 13.8 Å². The standard InChI is InChI=1S/C8H11FN4O/c1-4(2)11-8-12-5(3)6(9)7(14)13(8)10/h1,10H2,2-3H3,(H,11,12). The molecule has 0 amide bonds. The predicted molar refractivity (Wildman–Crippen MR) is 50.3 cm³/mol. The third-order valence-electron chi connectivity index (χ3n) is 1.56. The van der Waals surface area contributed by atoms with E-state index < -0.39 is 11.4 Å². The summed E-state index contributed by atoms with van der Waals surface area (Å²) >= 11 is 0. The van der Waals surface area contributed by atoms with Crippen LogP contribution in [0.1, 0.15) is 12.6 Å². The molecule has 0 aliphatic heterocycles. The summed E-state index contributed by atoms with van der Waals surface area (Å²) in [6.45, 7) is 6.58. The third kappa shape index (κ3) is 1.73. The van der Waals surface area contributed by atoms with E-state index in [-0.39, 0.29) is 11.3 Å². The summed E-state index contributed by atoms with van der Waals surface area (Å²) in [7, 11) is 0. The molecular weight excluding hydrogens is 187 g/mol. The molecule has 0 unspecified atom stereocenters. The monoisotopic (exact) mass is 198 g/mol. The Balaban J connectivity index is 3.65. The van der Waals surface area contributed by atoms with E-state index in [0.29, 0.717) is 10.4 Å². The quantitative estimate of drug-likeness (QED) is 0.611. The fraction of sp³-hybridized carbons (Fsp3) is 0.250. The second kappa shape index (κ2) is 3.49. The van der Waals surface area contributed by atoms with E-state index in [1.165, 1.54) is 6.92 Å². The highest BCUT2D eigenvalue weighted by Crippen LogP contribution is 1.90. The van der Waals surface area contributed by atoms with Crippen molar-refractivity contribution < 1.29 is 4.39 Å². The Morgan fingerprint density at radius 1 is 1.71 bits per heavy atom. The third-order valence-corrected chi connectivity index (χ3v) is 1.56. The van der Waals surface area contributed by atoms with Gasteiger partial charge < -0.3 is 10.8 Å². The van der Waals surface area contributed by atoms with Crippen molar-refractivity contribution in [1.82, 2.24) is 9.66 Å². The largest absolute Gasteiger partial charge is 0.333 e. The van der Waals surface area contributed by atoms with Crippen molar-refractivity contribution >= 4 is 0 Å². The molecule has 5 nitrogen and oxygen atoms in total. The normalized spacial score (nSPS) is 11.8. The molecule has 1 rings (SSSR count). The average molecular weight is 198 g/mol. The first-order chi connectivity index (χ1) is 6.43. The van der Waals surface area contributed by atoms with Gasteiger partial charge in [0.2, 0.25) is 11.4 Å². The highest BCUT2D eigenvalue weighted by Gasteiger charge is 2.06. The number of aryl methyl sites for hydroxylation is 1. The molecule has 0 atom stereocenters. The lowest BCUT2D eigenvalue weighted by Crippen LogP contribution is -2.43. The van der Waals surface area contributed by atoms with E-state index in [1.807, 2.05) is 0 Å². The van der Waals surface area contributed by atoms with Gasteiger partial charge in [-0.2, -0.15) is 9.07 Å². The molecule has 0 aliphatic rings. The van der Waals surface area contributed by atoms with E-state index in [2.05, 4.69) is 16.6 Å². The number of aromatic nitrogens is 2. The molecule has 76 valence electrons. The van der Waals surface area contributed by atoms with Gasteiger partial charge in [0.25, 0.3) is 0 Å². The van der Waals surface area contributed by atoms with E-state index in [0.717, 1.165) is 0 Å². The number of H-pyrrole nitrogens is 1. The van der Waals surface area contributed by atoms with Crippen molar-refractivity contribution in [3.05, 3.63) is 39.8 Å². The number of allylic oxidation sites excluding steroid dienone is 1. The average Bonchev–Trinajstić information content (AvgIpc) is 2.10. The maximum absolute atomic E-state index is 13.0. The topological polar surface area (TPSA) is 76.2 Å². The number of nitrogen functional groups attached to an aromatic ring is 1. The van der Waals surface area contributed by atoms with Gasteiger partial charge in [-0.1, -0.05) is 6.58 Å². The molecule has 0 bridgehead atoms. The summed E-state index contributed by atoms with van der Waals surface area (Å²) in [6.07, 6.45) is 0. The Kier molecular flexibility index (Phi) is 2.55. The van der Waals surface area contributed by atoms with E-state index in [4.69, 9.17) is 5.84 Å². The first kappa shape index (κ1) is 10.2. The molecular formula is C8H11FN4O. The maximum atomic E-state index is 13.0. The molecule has 1 heterocycles. The molecule has 0 fully saturated rings. The zero-order chi connectivity index (χ0) is 10.9. The summed E-state index contributed by atoms with van der Waals surface area (Å²) in [5.74, 6) is 4.39. The fourth-order valence-corrected chi connectivity index (χ4v) is 0.908. The Morgan fingerprint density at radius 3 is 2.79 bits per heavy atom. The minimum atomic E-state index is -0.916. The number of rotatable bonds is 1. The Labute approximate surface area is 79.4 Å². The van der Waals surface area contributed by atoms with Gasteiger partial charge in [-0.25, -0.2) is 4.99 Å². The van der Waals surface area contributed by atoms with Crippen LogP contribution in [0.4, 0.5) is 4.39 Å². The zero-order valence-corrected chi connectivity index (χ0v) is 7.97. The van der Waals surface area contributed by atoms with Gasteiger partial charge in [0, 0.05) is 5.70 Å². The van der Waals surface area contributed by atoms with Crippen molar-refractivity contribution in [3.8, 4) is 0 Å². The summed E-state index contributed by atoms with van der Waals surface area (Å²) in [6, 6.07) is 0. The Morgan fingerprint density at radius 2 is 2.29 bits per heavy atom. The molecule has 0 saturated heterocycles. The molecule has 1 aromatic rings. The van der Waals surface area contributed by atoms with Crippen LogP contribution in [-0.4, -0.2) is 9.66 Å². The Hall–Kier alpha value is -1.85. The number of nitrogens with zero attached hydrogens (tertiary/aromatic N) is 2. The van der Waals surface area contributed by atoms with Crippen LogP contribution in [0.5, 0.6) is 0 Å². The number of hydrogen-bond donors (Lipinski definition) is 2. The van der Waals surface area contributed by atoms with Crippen molar-refractivity contribution in [2.75, 3.05) is 5.84 Å². The van der Waals surface area contributed by atoms with Crippen molar-refractivity contribution in [2.24, 2.45) is 4.99 Å². The number of aromatic amines is 1. The predicted octanol–water partition coefficient (Wildman–Crippen LogP) is -0.228. The number of nitrogens with two attached hydrogens (primary N) is 1. The maximum Gasteiger partial charge on any atom is 0.309 e. The van der Waals surface area contributed by atoms with E-state index >= 15 is 0 Å². The minimum absolute atomic E-state index is 0.0707. The number of hydrogen-bond acceptors (Lipinski definition) is 3. The molecule has 1 aromatic heterocycles. The first-order valence-corrected chi connectivity index (χ1v) is 3.90. The molecule has 3 N–H and O–H groups in total. The van der Waals surface area contributed by atoms with Gasteiger partial charge in [0.15, 0.2) is 0 Å². The summed E-state index contributed by atoms with van der Waals surface area (Å²) in [5, 5.41) is 0. The zero-order valence-electron chi connectivity index (χ0n) is 7.97. The van der Waals surface area contributed by atoms with Crippen LogP contribution >= 0.6 is 0 Å². The van der Waals surface area contributed by atoms with Gasteiger partial charge in [-0.3, -0.25) is 4.79 Å². The first-order valence-electron chi connectivity index (χ1n) is 3.90. The second-order valence-corrected chi connectivity index (χ2v) is 2.91. The van der Waals surface area contributed by atoms with Crippen molar-refractivity contribution in [1.29, 1.82) is 0 Å². The van der Waals surface area contributed by atoms with Gasteiger partial charge in [-0.05, 0) is 13.8 Å². The van der Waals surface area contributed by atoms with Crippen LogP contribution in [0, 0.1) is 12.7 Å². The number of halogens is 1. The smallest absolute Gasteiger partial charge is 0.309 e. The van der Waals surface area contributed by atoms with E-state index in [1.54, 1.807) is 6.92 Å². The molecule has 14 heavy (non-hydrogen) atoms.